The summed E-state index contributed by atoms with van der Waals surface area (Å²) in [5, 5.41) is 18.9. The monoisotopic (exact) mass is 284 g/mol. The largest absolute Gasteiger partial charge is 0.318 e. The molecule has 2 heterocycles. The Morgan fingerprint density at radius 1 is 1.50 bits per heavy atom. The number of rotatable bonds is 7. The highest BCUT2D eigenvalue weighted by Crippen LogP contribution is 2.21. The van der Waals surface area contributed by atoms with E-state index in [2.05, 4.69) is 38.1 Å². The first-order chi connectivity index (χ1) is 8.83. The summed E-state index contributed by atoms with van der Waals surface area (Å²) >= 11 is 3.34. The van der Waals surface area contributed by atoms with Gasteiger partial charge in [0.25, 0.3) is 0 Å². The van der Waals surface area contributed by atoms with Gasteiger partial charge in [0, 0.05) is 17.7 Å². The standard InChI is InChI=1S/C10H16N6S2/c1-3-9-12-8(6-17-9)7-18-10-13-14-15-16(10)5-4-11-2/h6,11H,3-5,7H2,1-2H3. The minimum Gasteiger partial charge on any atom is -0.318 e. The van der Waals surface area contributed by atoms with E-state index in [4.69, 9.17) is 0 Å². The third-order valence-corrected chi connectivity index (χ3v) is 4.36. The third-order valence-electron chi connectivity index (χ3n) is 2.32. The molecule has 0 atom stereocenters. The van der Waals surface area contributed by atoms with Crippen molar-refractivity contribution in [3.63, 3.8) is 0 Å². The number of nitrogens with zero attached hydrogens (tertiary/aromatic N) is 5. The van der Waals surface area contributed by atoms with Crippen LogP contribution in [0.1, 0.15) is 17.6 Å². The van der Waals surface area contributed by atoms with Crippen LogP contribution >= 0.6 is 23.1 Å². The minimum absolute atomic E-state index is 0.781. The number of hydrogen-bond acceptors (Lipinski definition) is 7. The Kier molecular flexibility index (Phi) is 5.09. The number of likely N-dealkylation sites (N-methyl/N-ethyl adjacent to an activating group) is 1. The number of thiazole rings is 1. The molecule has 18 heavy (non-hydrogen) atoms. The van der Waals surface area contributed by atoms with Gasteiger partial charge in [-0.15, -0.1) is 16.4 Å². The average molecular weight is 284 g/mol. The fraction of sp³-hybridized carbons (Fsp3) is 0.600. The van der Waals surface area contributed by atoms with Crippen LogP contribution in [0.15, 0.2) is 10.5 Å². The maximum absolute atomic E-state index is 4.53. The van der Waals surface area contributed by atoms with E-state index in [0.29, 0.717) is 0 Å². The Balaban J connectivity index is 1.91. The van der Waals surface area contributed by atoms with E-state index >= 15 is 0 Å². The molecule has 0 saturated carbocycles. The molecule has 0 aliphatic rings. The van der Waals surface area contributed by atoms with Crippen molar-refractivity contribution in [1.29, 1.82) is 0 Å². The van der Waals surface area contributed by atoms with Gasteiger partial charge >= 0.3 is 0 Å². The second-order valence-electron chi connectivity index (χ2n) is 3.66. The molecule has 0 amide bonds. The van der Waals surface area contributed by atoms with E-state index in [-0.39, 0.29) is 0 Å². The zero-order valence-corrected chi connectivity index (χ0v) is 12.1. The molecule has 0 aromatic carbocycles. The molecule has 98 valence electrons. The van der Waals surface area contributed by atoms with Gasteiger partial charge < -0.3 is 5.32 Å². The van der Waals surface area contributed by atoms with E-state index in [9.17, 15) is 0 Å². The van der Waals surface area contributed by atoms with Gasteiger partial charge in [-0.25, -0.2) is 9.67 Å². The van der Waals surface area contributed by atoms with Crippen molar-refractivity contribution in [2.75, 3.05) is 13.6 Å². The molecule has 0 bridgehead atoms. The molecule has 0 unspecified atom stereocenters. The smallest absolute Gasteiger partial charge is 0.209 e. The second kappa shape index (κ2) is 6.81. The van der Waals surface area contributed by atoms with Gasteiger partial charge in [-0.05, 0) is 23.9 Å². The minimum atomic E-state index is 0.781. The lowest BCUT2D eigenvalue weighted by atomic mass is 10.5. The summed E-state index contributed by atoms with van der Waals surface area (Å²) in [6.45, 7) is 3.76. The van der Waals surface area contributed by atoms with Crippen LogP contribution in [0.3, 0.4) is 0 Å². The van der Waals surface area contributed by atoms with Crippen LogP contribution in [0.2, 0.25) is 0 Å². The predicted molar refractivity (Wildman–Crippen MR) is 72.8 cm³/mol. The van der Waals surface area contributed by atoms with Gasteiger partial charge in [-0.3, -0.25) is 0 Å². The molecule has 0 saturated heterocycles. The molecule has 8 heteroatoms. The molecule has 0 radical (unpaired) electrons. The van der Waals surface area contributed by atoms with Crippen LogP contribution in [-0.2, 0) is 18.7 Å². The Bertz CT molecular complexity index is 480. The van der Waals surface area contributed by atoms with Crippen LogP contribution in [0.5, 0.6) is 0 Å². The first-order valence-corrected chi connectivity index (χ1v) is 7.66. The number of nitrogens with one attached hydrogen (secondary N) is 1. The fourth-order valence-corrected chi connectivity index (χ4v) is 3.02. The van der Waals surface area contributed by atoms with Gasteiger partial charge in [0.1, 0.15) is 0 Å². The highest BCUT2D eigenvalue weighted by atomic mass is 32.2. The lowest BCUT2D eigenvalue weighted by molar-refractivity contribution is 0.530. The lowest BCUT2D eigenvalue weighted by Crippen LogP contribution is -2.16. The average Bonchev–Trinajstić information content (AvgIpc) is 3.02. The number of aromatic nitrogens is 5. The Labute approximate surface area is 114 Å². The summed E-state index contributed by atoms with van der Waals surface area (Å²) < 4.78 is 1.81. The van der Waals surface area contributed by atoms with Crippen LogP contribution in [0.25, 0.3) is 0 Å². The maximum Gasteiger partial charge on any atom is 0.209 e. The first kappa shape index (κ1) is 13.4. The fourth-order valence-electron chi connectivity index (χ4n) is 1.37. The molecule has 0 spiro atoms. The van der Waals surface area contributed by atoms with Crippen LogP contribution < -0.4 is 5.32 Å². The summed E-state index contributed by atoms with van der Waals surface area (Å²) in [4.78, 5) is 4.53. The molecule has 2 aromatic heterocycles. The van der Waals surface area contributed by atoms with Crippen molar-refractivity contribution in [1.82, 2.24) is 30.5 Å². The molecule has 2 rings (SSSR count). The van der Waals surface area contributed by atoms with Gasteiger partial charge in [0.15, 0.2) is 0 Å². The Morgan fingerprint density at radius 2 is 2.39 bits per heavy atom. The molecule has 0 aliphatic heterocycles. The van der Waals surface area contributed by atoms with Crippen molar-refractivity contribution < 1.29 is 0 Å². The zero-order chi connectivity index (χ0) is 12.8. The lowest BCUT2D eigenvalue weighted by Gasteiger charge is -2.02. The van der Waals surface area contributed by atoms with E-state index < -0.39 is 0 Å². The zero-order valence-electron chi connectivity index (χ0n) is 10.5. The quantitative estimate of drug-likeness (QED) is 0.771. The highest BCUT2D eigenvalue weighted by Gasteiger charge is 2.08. The van der Waals surface area contributed by atoms with Crippen molar-refractivity contribution in [2.24, 2.45) is 0 Å². The molecule has 6 nitrogen and oxygen atoms in total. The predicted octanol–water partition coefficient (Wildman–Crippen LogP) is 1.20. The topological polar surface area (TPSA) is 68.5 Å². The van der Waals surface area contributed by atoms with Crippen LogP contribution in [0, 0.1) is 0 Å². The number of thioether (sulfide) groups is 1. The van der Waals surface area contributed by atoms with Crippen LogP contribution in [0.4, 0.5) is 0 Å². The van der Waals surface area contributed by atoms with Crippen molar-refractivity contribution >= 4 is 23.1 Å². The molecule has 1 N–H and O–H groups in total. The van der Waals surface area contributed by atoms with E-state index in [1.807, 2.05) is 11.7 Å². The van der Waals surface area contributed by atoms with Crippen molar-refractivity contribution in [3.05, 3.63) is 16.1 Å². The highest BCUT2D eigenvalue weighted by molar-refractivity contribution is 7.98. The van der Waals surface area contributed by atoms with E-state index in [1.165, 1.54) is 5.01 Å². The van der Waals surface area contributed by atoms with Crippen molar-refractivity contribution in [3.8, 4) is 0 Å². The molecule has 0 fully saturated rings. The number of aryl methyl sites for hydroxylation is 1. The summed E-state index contributed by atoms with van der Waals surface area (Å²) in [7, 11) is 1.92. The third kappa shape index (κ3) is 3.50. The summed E-state index contributed by atoms with van der Waals surface area (Å²) in [5.41, 5.74) is 1.10. The second-order valence-corrected chi connectivity index (χ2v) is 5.55. The Hall–Kier alpha value is -0.990. The maximum atomic E-state index is 4.53. The van der Waals surface area contributed by atoms with Crippen LogP contribution in [-0.4, -0.2) is 38.8 Å². The summed E-state index contributed by atoms with van der Waals surface area (Å²) in [6.07, 6.45) is 0.995. The Morgan fingerprint density at radius 3 is 3.11 bits per heavy atom. The van der Waals surface area contributed by atoms with Gasteiger partial charge in [-0.2, -0.15) is 0 Å². The van der Waals surface area contributed by atoms with Gasteiger partial charge in [0.05, 0.1) is 17.2 Å². The van der Waals surface area contributed by atoms with Gasteiger partial charge in [-0.1, -0.05) is 18.7 Å². The molecular weight excluding hydrogens is 268 g/mol. The number of hydrogen-bond donors (Lipinski definition) is 1. The SMILES string of the molecule is CCc1nc(CSc2nnnn2CCNC)cs1. The normalized spacial score (nSPS) is 11.0. The summed E-state index contributed by atoms with van der Waals surface area (Å²) in [5.74, 6) is 0.816. The van der Waals surface area contributed by atoms with E-state index in [0.717, 1.165) is 36.1 Å². The van der Waals surface area contributed by atoms with Gasteiger partial charge in [0.2, 0.25) is 5.16 Å². The molecule has 2 aromatic rings. The van der Waals surface area contributed by atoms with Crippen molar-refractivity contribution in [2.45, 2.75) is 30.8 Å². The molecule has 0 aliphatic carbocycles. The molecular formula is C10H16N6S2. The number of tetrazole rings is 1. The van der Waals surface area contributed by atoms with E-state index in [1.54, 1.807) is 23.1 Å². The first-order valence-electron chi connectivity index (χ1n) is 5.80. The summed E-state index contributed by atoms with van der Waals surface area (Å²) in [6, 6.07) is 0.